The number of amides is 1. The Labute approximate surface area is 152 Å². The van der Waals surface area contributed by atoms with Gasteiger partial charge < -0.3 is 9.87 Å². The van der Waals surface area contributed by atoms with Crippen molar-refractivity contribution in [2.24, 2.45) is 11.8 Å². The van der Waals surface area contributed by atoms with E-state index in [1.807, 2.05) is 20.8 Å². The molecule has 1 aliphatic carbocycles. The summed E-state index contributed by atoms with van der Waals surface area (Å²) in [5, 5.41) is 3.20. The fraction of sp³-hybridized carbons (Fsp3) is 0.947. The van der Waals surface area contributed by atoms with Crippen LogP contribution in [0.25, 0.3) is 0 Å². The summed E-state index contributed by atoms with van der Waals surface area (Å²) in [5.74, 6) is 1.84. The van der Waals surface area contributed by atoms with Crippen molar-refractivity contribution in [2.75, 3.05) is 6.54 Å². The Morgan fingerprint density at radius 3 is 2.38 bits per heavy atom. The topological polar surface area (TPSA) is 64.2 Å². The van der Waals surface area contributed by atoms with Crippen LogP contribution in [-0.4, -0.2) is 27.8 Å². The van der Waals surface area contributed by atoms with Crippen LogP contribution in [0.1, 0.15) is 86.0 Å². The number of hydrogen-bond donors (Lipinski definition) is 2. The first-order chi connectivity index (χ1) is 11.2. The summed E-state index contributed by atoms with van der Waals surface area (Å²) in [7, 11) is 0. The van der Waals surface area contributed by atoms with E-state index in [0.717, 1.165) is 37.5 Å². The molecule has 1 saturated carbocycles. The smallest absolute Gasteiger partial charge is 0.220 e. The molecule has 0 saturated heterocycles. The minimum absolute atomic E-state index is 0.180. The van der Waals surface area contributed by atoms with E-state index in [1.54, 1.807) is 0 Å². The SMILES string of the molecule is CCC(C)C1CCC(NC(=O)CCCCN[S+]([O-])C(C)(C)C)CC1. The van der Waals surface area contributed by atoms with Crippen LogP contribution in [0.5, 0.6) is 0 Å². The van der Waals surface area contributed by atoms with E-state index in [-0.39, 0.29) is 10.7 Å². The second kappa shape index (κ2) is 10.7. The third-order valence-corrected chi connectivity index (χ3v) is 6.78. The molecule has 2 unspecified atom stereocenters. The largest absolute Gasteiger partial charge is 0.598 e. The Hall–Kier alpha value is -0.260. The molecule has 2 atom stereocenters. The second-order valence-electron chi connectivity index (χ2n) is 8.30. The highest BCUT2D eigenvalue weighted by Crippen LogP contribution is 2.31. The molecule has 1 amide bonds. The molecular weight excluding hydrogens is 320 g/mol. The van der Waals surface area contributed by atoms with Crippen LogP contribution in [0.2, 0.25) is 0 Å². The van der Waals surface area contributed by atoms with Gasteiger partial charge in [0.05, 0.1) is 0 Å². The quantitative estimate of drug-likeness (QED) is 0.485. The van der Waals surface area contributed by atoms with Gasteiger partial charge in [-0.05, 0) is 71.1 Å². The van der Waals surface area contributed by atoms with Crippen molar-refractivity contribution in [1.29, 1.82) is 0 Å². The van der Waals surface area contributed by atoms with E-state index < -0.39 is 11.4 Å². The van der Waals surface area contributed by atoms with Crippen LogP contribution in [0.3, 0.4) is 0 Å². The van der Waals surface area contributed by atoms with Gasteiger partial charge in [-0.15, -0.1) is 4.72 Å². The summed E-state index contributed by atoms with van der Waals surface area (Å²) >= 11 is -1.02. The lowest BCUT2D eigenvalue weighted by Gasteiger charge is -2.32. The number of nitrogens with one attached hydrogen (secondary N) is 2. The molecule has 4 nitrogen and oxygen atoms in total. The lowest BCUT2D eigenvalue weighted by Crippen LogP contribution is -2.40. The predicted molar refractivity (Wildman–Crippen MR) is 103 cm³/mol. The third-order valence-electron chi connectivity index (χ3n) is 5.21. The molecule has 5 heteroatoms. The molecule has 0 aromatic rings. The molecule has 24 heavy (non-hydrogen) atoms. The third kappa shape index (κ3) is 8.21. The van der Waals surface area contributed by atoms with Gasteiger partial charge in [-0.2, -0.15) is 0 Å². The van der Waals surface area contributed by atoms with Gasteiger partial charge in [-0.3, -0.25) is 4.79 Å². The lowest BCUT2D eigenvalue weighted by molar-refractivity contribution is -0.122. The van der Waals surface area contributed by atoms with Gasteiger partial charge in [-0.25, -0.2) is 0 Å². The van der Waals surface area contributed by atoms with Gasteiger partial charge in [0.1, 0.15) is 4.75 Å². The van der Waals surface area contributed by atoms with Crippen LogP contribution in [-0.2, 0) is 16.2 Å². The van der Waals surface area contributed by atoms with Crippen molar-refractivity contribution in [2.45, 2.75) is 96.8 Å². The van der Waals surface area contributed by atoms with Crippen LogP contribution < -0.4 is 10.0 Å². The highest BCUT2D eigenvalue weighted by Gasteiger charge is 2.26. The second-order valence-corrected chi connectivity index (χ2v) is 10.3. The van der Waals surface area contributed by atoms with Crippen LogP contribution in [0, 0.1) is 11.8 Å². The molecule has 2 N–H and O–H groups in total. The first-order valence-electron chi connectivity index (χ1n) is 9.68. The van der Waals surface area contributed by atoms with Crippen molar-refractivity contribution in [3.05, 3.63) is 0 Å². The highest BCUT2D eigenvalue weighted by molar-refractivity contribution is 7.90. The molecule has 0 aromatic carbocycles. The first-order valence-corrected chi connectivity index (χ1v) is 10.8. The average Bonchev–Trinajstić information content (AvgIpc) is 2.53. The first kappa shape index (κ1) is 21.8. The van der Waals surface area contributed by atoms with Crippen molar-refractivity contribution in [1.82, 2.24) is 10.0 Å². The predicted octanol–water partition coefficient (Wildman–Crippen LogP) is 3.93. The molecule has 0 radical (unpaired) electrons. The van der Waals surface area contributed by atoms with Crippen molar-refractivity contribution in [3.8, 4) is 0 Å². The normalized spacial score (nSPS) is 24.4. The molecule has 1 rings (SSSR count). The summed E-state index contributed by atoms with van der Waals surface area (Å²) in [6.07, 6.45) is 8.34. The van der Waals surface area contributed by atoms with Crippen molar-refractivity contribution in [3.63, 3.8) is 0 Å². The minimum Gasteiger partial charge on any atom is -0.598 e. The van der Waals surface area contributed by atoms with Crippen LogP contribution in [0.4, 0.5) is 0 Å². The number of unbranched alkanes of at least 4 members (excludes halogenated alkanes) is 1. The number of carbonyl (C=O) groups excluding carboxylic acids is 1. The minimum atomic E-state index is -1.02. The number of carbonyl (C=O) groups is 1. The fourth-order valence-corrected chi connectivity index (χ4v) is 4.02. The zero-order valence-corrected chi connectivity index (χ0v) is 17.1. The Bertz CT molecular complexity index is 363. The Morgan fingerprint density at radius 1 is 1.21 bits per heavy atom. The van der Waals surface area contributed by atoms with Gasteiger partial charge in [-0.1, -0.05) is 20.3 Å². The maximum Gasteiger partial charge on any atom is 0.220 e. The molecule has 1 fully saturated rings. The lowest BCUT2D eigenvalue weighted by atomic mass is 9.78. The number of rotatable bonds is 9. The van der Waals surface area contributed by atoms with Gasteiger partial charge in [0, 0.05) is 30.4 Å². The van der Waals surface area contributed by atoms with Crippen LogP contribution in [0.15, 0.2) is 0 Å². The molecule has 142 valence electrons. The number of hydrogen-bond acceptors (Lipinski definition) is 3. The van der Waals surface area contributed by atoms with E-state index in [4.69, 9.17) is 0 Å². The summed E-state index contributed by atoms with van der Waals surface area (Å²) in [4.78, 5) is 12.0. The Kier molecular flexibility index (Phi) is 9.68. The molecule has 0 heterocycles. The molecule has 0 aliphatic heterocycles. The van der Waals surface area contributed by atoms with E-state index in [1.165, 1.54) is 19.3 Å². The van der Waals surface area contributed by atoms with Crippen LogP contribution >= 0.6 is 0 Å². The van der Waals surface area contributed by atoms with Gasteiger partial charge in [0.15, 0.2) is 0 Å². The van der Waals surface area contributed by atoms with E-state index in [0.29, 0.717) is 19.0 Å². The summed E-state index contributed by atoms with van der Waals surface area (Å²) in [6, 6.07) is 0.379. The molecule has 1 aliphatic rings. The molecule has 0 spiro atoms. The maximum absolute atomic E-state index is 12.0. The summed E-state index contributed by atoms with van der Waals surface area (Å²) in [6.45, 7) is 11.2. The van der Waals surface area contributed by atoms with Gasteiger partial charge >= 0.3 is 0 Å². The van der Waals surface area contributed by atoms with E-state index >= 15 is 0 Å². The van der Waals surface area contributed by atoms with E-state index in [9.17, 15) is 9.35 Å². The molecule has 0 bridgehead atoms. The van der Waals surface area contributed by atoms with Crippen molar-refractivity contribution < 1.29 is 9.35 Å². The summed E-state index contributed by atoms with van der Waals surface area (Å²) < 4.78 is 14.6. The monoisotopic (exact) mass is 358 g/mol. The average molecular weight is 359 g/mol. The van der Waals surface area contributed by atoms with Crippen molar-refractivity contribution >= 4 is 17.3 Å². The molecule has 0 aromatic heterocycles. The standard InChI is InChI=1S/C19H38N2O2S/c1-6-15(2)16-10-12-17(13-11-16)21-18(22)9-7-8-14-20-24(23)19(3,4)5/h15-17,20H,6-14H2,1-5H3,(H,21,22). The Morgan fingerprint density at radius 2 is 1.83 bits per heavy atom. The fourth-order valence-electron chi connectivity index (χ4n) is 3.26. The zero-order valence-electron chi connectivity index (χ0n) is 16.3. The van der Waals surface area contributed by atoms with Gasteiger partial charge in [0.2, 0.25) is 5.91 Å². The zero-order chi connectivity index (χ0) is 18.2. The van der Waals surface area contributed by atoms with E-state index in [2.05, 4.69) is 23.9 Å². The molecular formula is C19H38N2O2S. The maximum atomic E-state index is 12.0. The Balaban J connectivity index is 2.09. The summed E-state index contributed by atoms with van der Waals surface area (Å²) in [5.41, 5.74) is 0. The highest BCUT2D eigenvalue weighted by atomic mass is 32.2. The van der Waals surface area contributed by atoms with Gasteiger partial charge in [0.25, 0.3) is 0 Å².